The minimum atomic E-state index is 0.126. The lowest BCUT2D eigenvalue weighted by Crippen LogP contribution is -2.17. The van der Waals surface area contributed by atoms with E-state index in [2.05, 4.69) is 17.2 Å². The van der Waals surface area contributed by atoms with Gasteiger partial charge in [0.25, 0.3) is 0 Å². The molecule has 1 unspecified atom stereocenters. The summed E-state index contributed by atoms with van der Waals surface area (Å²) in [5, 5.41) is 4.92. The summed E-state index contributed by atoms with van der Waals surface area (Å²) in [5.74, 6) is 0.838. The van der Waals surface area contributed by atoms with Crippen molar-refractivity contribution >= 4 is 11.6 Å². The Hall–Kier alpha value is -1.52. The number of hydrogen-bond acceptors (Lipinski definition) is 3. The maximum atomic E-state index is 6.22. The normalized spacial score (nSPS) is 17.6. The van der Waals surface area contributed by atoms with Crippen molar-refractivity contribution in [3.05, 3.63) is 45.7 Å². The third-order valence-electron chi connectivity index (χ3n) is 4.13. The van der Waals surface area contributed by atoms with Crippen LogP contribution < -0.4 is 10.5 Å². The molecule has 1 atom stereocenters. The van der Waals surface area contributed by atoms with E-state index in [1.807, 2.05) is 20.0 Å². The van der Waals surface area contributed by atoms with Crippen LogP contribution in [-0.2, 0) is 20.1 Å². The number of nitrogens with two attached hydrogens (primary N) is 1. The van der Waals surface area contributed by atoms with E-state index in [9.17, 15) is 0 Å². The summed E-state index contributed by atoms with van der Waals surface area (Å²) in [6.45, 7) is 2.36. The average Bonchev–Trinajstić information content (AvgIpc) is 2.71. The van der Waals surface area contributed by atoms with Crippen molar-refractivity contribution in [2.24, 2.45) is 12.8 Å². The number of halogens is 1. The molecule has 0 bridgehead atoms. The molecule has 1 aromatic heterocycles. The predicted molar refractivity (Wildman–Crippen MR) is 83.6 cm³/mol. The monoisotopic (exact) mass is 305 g/mol. The fourth-order valence-electron chi connectivity index (χ4n) is 2.90. The molecule has 0 spiro atoms. The average molecular weight is 306 g/mol. The maximum absolute atomic E-state index is 6.22. The molecule has 4 nitrogen and oxygen atoms in total. The fraction of sp³-hybridized carbons (Fsp3) is 0.438. The van der Waals surface area contributed by atoms with E-state index in [1.54, 1.807) is 4.68 Å². The van der Waals surface area contributed by atoms with E-state index in [-0.39, 0.29) is 6.04 Å². The minimum absolute atomic E-state index is 0.126. The summed E-state index contributed by atoms with van der Waals surface area (Å²) in [7, 11) is 1.83. The van der Waals surface area contributed by atoms with Gasteiger partial charge in [0.05, 0.1) is 5.69 Å². The van der Waals surface area contributed by atoms with E-state index < -0.39 is 0 Å². The molecule has 1 aliphatic rings. The first-order chi connectivity index (χ1) is 10.1. The lowest BCUT2D eigenvalue weighted by Gasteiger charge is -2.22. The van der Waals surface area contributed by atoms with Gasteiger partial charge in [0.15, 0.2) is 0 Å². The summed E-state index contributed by atoms with van der Waals surface area (Å²) in [5.41, 5.74) is 10.6. The number of ether oxygens (including phenoxy) is 1. The molecular weight excluding hydrogens is 286 g/mol. The summed E-state index contributed by atoms with van der Waals surface area (Å²) in [4.78, 5) is 0. The van der Waals surface area contributed by atoms with E-state index in [0.29, 0.717) is 11.8 Å². The van der Waals surface area contributed by atoms with Gasteiger partial charge in [-0.1, -0.05) is 17.7 Å². The van der Waals surface area contributed by atoms with Gasteiger partial charge in [0, 0.05) is 18.7 Å². The predicted octanol–water partition coefficient (Wildman–Crippen LogP) is 3.30. The Bertz CT molecular complexity index is 666. The van der Waals surface area contributed by atoms with Crippen LogP contribution >= 0.6 is 11.6 Å². The Balaban J connectivity index is 1.78. The smallest absolute Gasteiger partial charge is 0.133 e. The van der Waals surface area contributed by atoms with Crippen LogP contribution in [0.15, 0.2) is 18.2 Å². The summed E-state index contributed by atoms with van der Waals surface area (Å²) >= 11 is 6.22. The van der Waals surface area contributed by atoms with Gasteiger partial charge in [0.1, 0.15) is 17.5 Å². The highest BCUT2D eigenvalue weighted by atomic mass is 35.5. The molecule has 3 rings (SSSR count). The zero-order valence-electron chi connectivity index (χ0n) is 12.4. The maximum Gasteiger partial charge on any atom is 0.133 e. The van der Waals surface area contributed by atoms with Crippen LogP contribution in [0.3, 0.4) is 0 Å². The Morgan fingerprint density at radius 1 is 1.48 bits per heavy atom. The van der Waals surface area contributed by atoms with Crippen LogP contribution in [0, 0.1) is 6.92 Å². The second-order valence-corrected chi connectivity index (χ2v) is 5.98. The molecular formula is C16H20ClN3O. The number of aryl methyl sites for hydroxylation is 3. The van der Waals surface area contributed by atoms with Crippen molar-refractivity contribution in [3.63, 3.8) is 0 Å². The minimum Gasteiger partial charge on any atom is -0.489 e. The number of rotatable bonds is 3. The third kappa shape index (κ3) is 2.78. The van der Waals surface area contributed by atoms with Crippen molar-refractivity contribution in [1.29, 1.82) is 0 Å². The molecule has 1 aromatic carbocycles. The highest BCUT2D eigenvalue weighted by Gasteiger charge is 2.18. The quantitative estimate of drug-likeness (QED) is 0.946. The molecule has 2 aromatic rings. The SMILES string of the molecule is Cc1nn(C)c(Cl)c1COc1ccc2c(c1)C(N)CCC2. The lowest BCUT2D eigenvalue weighted by molar-refractivity contribution is 0.304. The van der Waals surface area contributed by atoms with Crippen molar-refractivity contribution in [2.45, 2.75) is 38.8 Å². The number of benzene rings is 1. The number of aromatic nitrogens is 2. The molecule has 112 valence electrons. The van der Waals surface area contributed by atoms with Crippen molar-refractivity contribution in [3.8, 4) is 5.75 Å². The Labute approximate surface area is 129 Å². The Morgan fingerprint density at radius 3 is 3.00 bits per heavy atom. The molecule has 0 radical (unpaired) electrons. The lowest BCUT2D eigenvalue weighted by atomic mass is 9.88. The number of hydrogen-bond donors (Lipinski definition) is 1. The Kier molecular flexibility index (Phi) is 3.91. The molecule has 0 saturated carbocycles. The molecule has 1 heterocycles. The molecule has 2 N–H and O–H groups in total. The third-order valence-corrected chi connectivity index (χ3v) is 4.60. The van der Waals surface area contributed by atoms with Gasteiger partial charge in [0.2, 0.25) is 0 Å². The van der Waals surface area contributed by atoms with Gasteiger partial charge in [-0.3, -0.25) is 4.68 Å². The largest absolute Gasteiger partial charge is 0.489 e. The summed E-state index contributed by atoms with van der Waals surface area (Å²) in [6, 6.07) is 6.33. The second kappa shape index (κ2) is 5.70. The number of nitrogens with zero attached hydrogens (tertiary/aromatic N) is 2. The summed E-state index contributed by atoms with van der Waals surface area (Å²) < 4.78 is 7.55. The van der Waals surface area contributed by atoms with Gasteiger partial charge >= 0.3 is 0 Å². The van der Waals surface area contributed by atoms with Gasteiger partial charge in [-0.25, -0.2) is 0 Å². The van der Waals surface area contributed by atoms with Crippen LogP contribution in [0.2, 0.25) is 5.15 Å². The van der Waals surface area contributed by atoms with E-state index in [0.717, 1.165) is 29.8 Å². The highest BCUT2D eigenvalue weighted by molar-refractivity contribution is 6.30. The van der Waals surface area contributed by atoms with Crippen LogP contribution in [-0.4, -0.2) is 9.78 Å². The zero-order valence-corrected chi connectivity index (χ0v) is 13.2. The van der Waals surface area contributed by atoms with Crippen molar-refractivity contribution < 1.29 is 4.74 Å². The molecule has 0 aliphatic heterocycles. The van der Waals surface area contributed by atoms with Gasteiger partial charge in [-0.2, -0.15) is 5.10 Å². The summed E-state index contributed by atoms with van der Waals surface area (Å²) in [6.07, 6.45) is 3.32. The van der Waals surface area contributed by atoms with Crippen LogP contribution in [0.4, 0.5) is 0 Å². The highest BCUT2D eigenvalue weighted by Crippen LogP contribution is 2.31. The van der Waals surface area contributed by atoms with E-state index >= 15 is 0 Å². The first-order valence-corrected chi connectivity index (χ1v) is 7.63. The molecule has 21 heavy (non-hydrogen) atoms. The van der Waals surface area contributed by atoms with Crippen molar-refractivity contribution in [1.82, 2.24) is 9.78 Å². The van der Waals surface area contributed by atoms with E-state index in [1.165, 1.54) is 17.5 Å². The topological polar surface area (TPSA) is 53.1 Å². The molecule has 1 aliphatic carbocycles. The van der Waals surface area contributed by atoms with Gasteiger partial charge < -0.3 is 10.5 Å². The van der Waals surface area contributed by atoms with Crippen LogP contribution in [0.5, 0.6) is 5.75 Å². The van der Waals surface area contributed by atoms with Crippen LogP contribution in [0.25, 0.3) is 0 Å². The second-order valence-electron chi connectivity index (χ2n) is 5.63. The Morgan fingerprint density at radius 2 is 2.29 bits per heavy atom. The van der Waals surface area contributed by atoms with Gasteiger partial charge in [-0.15, -0.1) is 0 Å². The van der Waals surface area contributed by atoms with E-state index in [4.69, 9.17) is 22.1 Å². The fourth-order valence-corrected chi connectivity index (χ4v) is 3.13. The molecule has 0 amide bonds. The zero-order chi connectivity index (χ0) is 15.0. The standard InChI is InChI=1S/C16H20ClN3O/c1-10-14(16(17)20(2)19-10)9-21-12-7-6-11-4-3-5-15(18)13(11)8-12/h6-8,15H,3-5,9,18H2,1-2H3. The molecule has 0 fully saturated rings. The van der Waals surface area contributed by atoms with Gasteiger partial charge in [-0.05, 0) is 49.4 Å². The first kappa shape index (κ1) is 14.4. The number of fused-ring (bicyclic) bond motifs is 1. The van der Waals surface area contributed by atoms with Crippen molar-refractivity contribution in [2.75, 3.05) is 0 Å². The van der Waals surface area contributed by atoms with Crippen LogP contribution in [0.1, 0.15) is 41.3 Å². The molecule has 0 saturated heterocycles. The molecule has 5 heteroatoms. The first-order valence-electron chi connectivity index (χ1n) is 7.25.